The molecule has 2 atom stereocenters. The SMILES string of the molecule is CC(C)(C)C1CS(=O)C1(C)C. The molecule has 1 saturated heterocycles. The molecule has 2 unspecified atom stereocenters. The lowest BCUT2D eigenvalue weighted by atomic mass is 9.74. The zero-order valence-electron chi connectivity index (χ0n) is 8.10. The summed E-state index contributed by atoms with van der Waals surface area (Å²) < 4.78 is 11.4. The van der Waals surface area contributed by atoms with E-state index in [1.54, 1.807) is 0 Å². The second-order valence-corrected chi connectivity index (χ2v) is 7.11. The third-order valence-corrected chi connectivity index (χ3v) is 4.88. The third kappa shape index (κ3) is 1.37. The fourth-order valence-corrected chi connectivity index (χ4v) is 4.02. The van der Waals surface area contributed by atoms with Crippen molar-refractivity contribution >= 4 is 10.8 Å². The summed E-state index contributed by atoms with van der Waals surface area (Å²) >= 11 is 0. The van der Waals surface area contributed by atoms with Crippen molar-refractivity contribution in [2.75, 3.05) is 5.75 Å². The van der Waals surface area contributed by atoms with E-state index >= 15 is 0 Å². The standard InChI is InChI=1S/C9H18OS/c1-8(2,3)7-6-11(10)9(7,4)5/h7H,6H2,1-5H3. The van der Waals surface area contributed by atoms with Crippen molar-refractivity contribution in [1.29, 1.82) is 0 Å². The minimum Gasteiger partial charge on any atom is -0.259 e. The summed E-state index contributed by atoms with van der Waals surface area (Å²) in [4.78, 5) is 0. The Morgan fingerprint density at radius 1 is 1.36 bits per heavy atom. The van der Waals surface area contributed by atoms with Gasteiger partial charge in [-0.3, -0.25) is 4.21 Å². The molecule has 0 spiro atoms. The van der Waals surface area contributed by atoms with Gasteiger partial charge in [0.25, 0.3) is 0 Å². The van der Waals surface area contributed by atoms with Gasteiger partial charge in [0.2, 0.25) is 0 Å². The van der Waals surface area contributed by atoms with Crippen LogP contribution in [0, 0.1) is 11.3 Å². The average Bonchev–Trinajstić information content (AvgIpc) is 1.80. The molecular weight excluding hydrogens is 156 g/mol. The van der Waals surface area contributed by atoms with Gasteiger partial charge in [-0.25, -0.2) is 0 Å². The third-order valence-electron chi connectivity index (χ3n) is 2.79. The molecule has 1 fully saturated rings. The Labute approximate surface area is 72.0 Å². The highest BCUT2D eigenvalue weighted by Gasteiger charge is 2.51. The van der Waals surface area contributed by atoms with Crippen LogP contribution in [-0.2, 0) is 10.8 Å². The van der Waals surface area contributed by atoms with Crippen LogP contribution in [0.25, 0.3) is 0 Å². The molecule has 0 aromatic rings. The topological polar surface area (TPSA) is 17.1 Å². The zero-order chi connectivity index (χ0) is 8.86. The van der Waals surface area contributed by atoms with E-state index in [0.717, 1.165) is 5.75 Å². The highest BCUT2D eigenvalue weighted by molar-refractivity contribution is 7.87. The van der Waals surface area contributed by atoms with Gasteiger partial charge >= 0.3 is 0 Å². The normalized spacial score (nSPS) is 36.5. The lowest BCUT2D eigenvalue weighted by Crippen LogP contribution is -2.56. The summed E-state index contributed by atoms with van der Waals surface area (Å²) in [6.45, 7) is 10.9. The van der Waals surface area contributed by atoms with E-state index in [1.165, 1.54) is 0 Å². The predicted octanol–water partition coefficient (Wildman–Crippen LogP) is 2.19. The van der Waals surface area contributed by atoms with Gasteiger partial charge in [0.1, 0.15) is 0 Å². The molecule has 11 heavy (non-hydrogen) atoms. The summed E-state index contributed by atoms with van der Waals surface area (Å²) in [6, 6.07) is 0. The summed E-state index contributed by atoms with van der Waals surface area (Å²) in [6.07, 6.45) is 0. The summed E-state index contributed by atoms with van der Waals surface area (Å²) in [5, 5.41) is 0. The van der Waals surface area contributed by atoms with Crippen molar-refractivity contribution in [3.05, 3.63) is 0 Å². The first kappa shape index (κ1) is 9.24. The van der Waals surface area contributed by atoms with Gasteiger partial charge in [-0.1, -0.05) is 20.8 Å². The molecule has 0 radical (unpaired) electrons. The van der Waals surface area contributed by atoms with Gasteiger partial charge in [0.15, 0.2) is 0 Å². The van der Waals surface area contributed by atoms with Gasteiger partial charge in [0, 0.05) is 21.3 Å². The van der Waals surface area contributed by atoms with E-state index in [2.05, 4.69) is 34.6 Å². The maximum absolute atomic E-state index is 11.3. The molecule has 0 N–H and O–H groups in total. The van der Waals surface area contributed by atoms with Crippen LogP contribution in [0.2, 0.25) is 0 Å². The lowest BCUT2D eigenvalue weighted by Gasteiger charge is -2.50. The summed E-state index contributed by atoms with van der Waals surface area (Å²) in [7, 11) is -0.579. The molecule has 0 saturated carbocycles. The van der Waals surface area contributed by atoms with Crippen LogP contribution < -0.4 is 0 Å². The maximum atomic E-state index is 11.3. The van der Waals surface area contributed by atoms with Crippen molar-refractivity contribution in [3.63, 3.8) is 0 Å². The quantitative estimate of drug-likeness (QED) is 0.550. The number of hydrogen-bond acceptors (Lipinski definition) is 1. The minimum atomic E-state index is -0.579. The molecule has 1 heterocycles. The monoisotopic (exact) mass is 174 g/mol. The molecule has 2 heteroatoms. The van der Waals surface area contributed by atoms with Gasteiger partial charge < -0.3 is 0 Å². The van der Waals surface area contributed by atoms with Crippen LogP contribution in [0.15, 0.2) is 0 Å². The second kappa shape index (κ2) is 2.32. The first-order valence-corrected chi connectivity index (χ1v) is 5.46. The van der Waals surface area contributed by atoms with Crippen molar-refractivity contribution in [2.45, 2.75) is 39.4 Å². The molecule has 1 rings (SSSR count). The molecular formula is C9H18OS. The van der Waals surface area contributed by atoms with Gasteiger partial charge in [0.05, 0.1) is 0 Å². The molecule has 1 nitrogen and oxygen atoms in total. The van der Waals surface area contributed by atoms with Crippen molar-refractivity contribution in [2.24, 2.45) is 11.3 Å². The van der Waals surface area contributed by atoms with Gasteiger partial charge in [-0.15, -0.1) is 0 Å². The van der Waals surface area contributed by atoms with E-state index in [4.69, 9.17) is 0 Å². The van der Waals surface area contributed by atoms with Gasteiger partial charge in [-0.2, -0.15) is 0 Å². The van der Waals surface area contributed by atoms with Crippen LogP contribution >= 0.6 is 0 Å². The van der Waals surface area contributed by atoms with Crippen LogP contribution in [0.4, 0.5) is 0 Å². The van der Waals surface area contributed by atoms with Gasteiger partial charge in [-0.05, 0) is 25.2 Å². The van der Waals surface area contributed by atoms with E-state index in [1.807, 2.05) is 0 Å². The Balaban J connectivity index is 2.75. The molecule has 0 aliphatic carbocycles. The maximum Gasteiger partial charge on any atom is 0.0445 e. The van der Waals surface area contributed by atoms with E-state index in [-0.39, 0.29) is 4.75 Å². The Morgan fingerprint density at radius 3 is 1.91 bits per heavy atom. The second-order valence-electron chi connectivity index (χ2n) is 5.03. The number of hydrogen-bond donors (Lipinski definition) is 0. The first-order chi connectivity index (χ1) is 4.76. The lowest BCUT2D eigenvalue weighted by molar-refractivity contribution is 0.196. The van der Waals surface area contributed by atoms with Crippen molar-refractivity contribution in [3.8, 4) is 0 Å². The van der Waals surface area contributed by atoms with Crippen LogP contribution in [0.3, 0.4) is 0 Å². The Hall–Kier alpha value is 0.150. The average molecular weight is 174 g/mol. The minimum absolute atomic E-state index is 0.0538. The van der Waals surface area contributed by atoms with E-state index in [9.17, 15) is 4.21 Å². The zero-order valence-corrected chi connectivity index (χ0v) is 8.92. The largest absolute Gasteiger partial charge is 0.259 e. The highest BCUT2D eigenvalue weighted by Crippen LogP contribution is 2.46. The molecule has 0 aromatic heterocycles. The highest BCUT2D eigenvalue weighted by atomic mass is 32.2. The molecule has 1 aliphatic rings. The van der Waals surface area contributed by atoms with Crippen molar-refractivity contribution < 1.29 is 4.21 Å². The summed E-state index contributed by atoms with van der Waals surface area (Å²) in [5.41, 5.74) is 0.317. The Morgan fingerprint density at radius 2 is 1.82 bits per heavy atom. The molecule has 1 aliphatic heterocycles. The smallest absolute Gasteiger partial charge is 0.0445 e. The van der Waals surface area contributed by atoms with Crippen LogP contribution in [-0.4, -0.2) is 14.7 Å². The first-order valence-electron chi connectivity index (χ1n) is 4.15. The molecule has 0 bridgehead atoms. The van der Waals surface area contributed by atoms with Crippen LogP contribution in [0.5, 0.6) is 0 Å². The summed E-state index contributed by atoms with van der Waals surface area (Å²) in [5.74, 6) is 1.52. The molecule has 0 aromatic carbocycles. The predicted molar refractivity (Wildman–Crippen MR) is 50.0 cm³/mol. The number of rotatable bonds is 0. The fraction of sp³-hybridized carbons (Fsp3) is 1.00. The fourth-order valence-electron chi connectivity index (χ4n) is 1.92. The molecule has 66 valence electrons. The van der Waals surface area contributed by atoms with E-state index < -0.39 is 10.8 Å². The Bertz CT molecular complexity index is 188. The van der Waals surface area contributed by atoms with E-state index in [0.29, 0.717) is 11.3 Å². The molecule has 0 amide bonds. The van der Waals surface area contributed by atoms with Crippen LogP contribution in [0.1, 0.15) is 34.6 Å². The Kier molecular flexibility index (Phi) is 1.95. The van der Waals surface area contributed by atoms with Crippen molar-refractivity contribution in [1.82, 2.24) is 0 Å².